The Labute approximate surface area is 102 Å². The Morgan fingerprint density at radius 1 is 1.12 bits per heavy atom. The van der Waals surface area contributed by atoms with Gasteiger partial charge >= 0.3 is 0 Å². The van der Waals surface area contributed by atoms with E-state index in [0.29, 0.717) is 5.82 Å². The second-order valence-electron chi connectivity index (χ2n) is 4.06. The Morgan fingerprint density at radius 3 is 2.59 bits per heavy atom. The summed E-state index contributed by atoms with van der Waals surface area (Å²) in [7, 11) is 0. The number of anilines is 1. The molecule has 0 bridgehead atoms. The average molecular weight is 227 g/mol. The van der Waals surface area contributed by atoms with E-state index >= 15 is 0 Å². The Morgan fingerprint density at radius 2 is 1.88 bits per heavy atom. The normalized spacial score (nSPS) is 10.4. The first-order chi connectivity index (χ1) is 8.29. The van der Waals surface area contributed by atoms with Crippen molar-refractivity contribution in [3.63, 3.8) is 0 Å². The van der Waals surface area contributed by atoms with Crippen molar-refractivity contribution in [2.75, 3.05) is 5.73 Å². The number of nitrogens with zero attached hydrogens (tertiary/aromatic N) is 2. The molecule has 0 saturated heterocycles. The Hall–Kier alpha value is -1.90. The fourth-order valence-corrected chi connectivity index (χ4v) is 1.72. The fourth-order valence-electron chi connectivity index (χ4n) is 1.72. The number of aromatic nitrogens is 2. The molecule has 2 aromatic rings. The van der Waals surface area contributed by atoms with E-state index in [9.17, 15) is 0 Å². The molecule has 3 nitrogen and oxygen atoms in total. The van der Waals surface area contributed by atoms with Crippen LogP contribution in [-0.4, -0.2) is 9.97 Å². The first kappa shape index (κ1) is 11.6. The van der Waals surface area contributed by atoms with Crippen LogP contribution in [-0.2, 0) is 6.42 Å². The fraction of sp³-hybridized carbons (Fsp3) is 0.286. The molecule has 0 amide bonds. The van der Waals surface area contributed by atoms with Crippen LogP contribution >= 0.6 is 0 Å². The van der Waals surface area contributed by atoms with Gasteiger partial charge in [0.15, 0.2) is 0 Å². The molecule has 0 unspecified atom stereocenters. The third kappa shape index (κ3) is 3.03. The lowest BCUT2D eigenvalue weighted by Gasteiger charge is -2.05. The zero-order valence-electron chi connectivity index (χ0n) is 10.1. The van der Waals surface area contributed by atoms with Gasteiger partial charge in [-0.1, -0.05) is 43.7 Å². The van der Waals surface area contributed by atoms with Gasteiger partial charge in [-0.15, -0.1) is 0 Å². The molecule has 0 fully saturated rings. The van der Waals surface area contributed by atoms with Crippen LogP contribution in [0.5, 0.6) is 0 Å². The van der Waals surface area contributed by atoms with Crippen LogP contribution < -0.4 is 5.73 Å². The third-order valence-electron chi connectivity index (χ3n) is 2.62. The summed E-state index contributed by atoms with van der Waals surface area (Å²) in [5.41, 5.74) is 7.81. The number of nitrogen functional groups attached to an aromatic ring is 1. The summed E-state index contributed by atoms with van der Waals surface area (Å²) in [5, 5.41) is 0. The molecule has 1 aromatic carbocycles. The van der Waals surface area contributed by atoms with E-state index in [2.05, 4.69) is 16.9 Å². The molecule has 0 aliphatic rings. The number of hydrogen-bond acceptors (Lipinski definition) is 3. The topological polar surface area (TPSA) is 51.8 Å². The molecule has 0 saturated carbocycles. The van der Waals surface area contributed by atoms with Crippen LogP contribution in [0.25, 0.3) is 11.3 Å². The number of rotatable bonds is 4. The molecule has 0 atom stereocenters. The number of nitrogens with two attached hydrogens (primary N) is 1. The molecule has 2 N–H and O–H groups in total. The molecule has 1 heterocycles. The van der Waals surface area contributed by atoms with E-state index in [1.54, 1.807) is 0 Å². The number of unbranched alkanes of at least 4 members (excludes halogenated alkanes) is 1. The number of benzene rings is 1. The molecular weight excluding hydrogens is 210 g/mol. The molecule has 1 aromatic heterocycles. The van der Waals surface area contributed by atoms with Gasteiger partial charge in [-0.25, -0.2) is 9.97 Å². The van der Waals surface area contributed by atoms with Crippen molar-refractivity contribution in [3.05, 3.63) is 42.2 Å². The zero-order chi connectivity index (χ0) is 12.1. The summed E-state index contributed by atoms with van der Waals surface area (Å²) in [6.45, 7) is 2.16. The summed E-state index contributed by atoms with van der Waals surface area (Å²) in [6, 6.07) is 11.9. The lowest BCUT2D eigenvalue weighted by molar-refractivity contribution is 0.754. The highest BCUT2D eigenvalue weighted by molar-refractivity contribution is 5.61. The Kier molecular flexibility index (Phi) is 3.70. The van der Waals surface area contributed by atoms with Crippen LogP contribution in [0.3, 0.4) is 0 Å². The second-order valence-corrected chi connectivity index (χ2v) is 4.06. The number of hydrogen-bond donors (Lipinski definition) is 1. The van der Waals surface area contributed by atoms with Crippen molar-refractivity contribution in [1.29, 1.82) is 0 Å². The lowest BCUT2D eigenvalue weighted by Crippen LogP contribution is -2.01. The summed E-state index contributed by atoms with van der Waals surface area (Å²) >= 11 is 0. The van der Waals surface area contributed by atoms with Gasteiger partial charge in [0.05, 0.1) is 5.69 Å². The smallest absolute Gasteiger partial charge is 0.131 e. The molecule has 2 rings (SSSR count). The Bertz CT molecular complexity index is 480. The van der Waals surface area contributed by atoms with Crippen LogP contribution in [0.2, 0.25) is 0 Å². The van der Waals surface area contributed by atoms with Gasteiger partial charge in [0.2, 0.25) is 0 Å². The molecule has 0 aliphatic carbocycles. The van der Waals surface area contributed by atoms with Crippen molar-refractivity contribution >= 4 is 5.82 Å². The first-order valence-corrected chi connectivity index (χ1v) is 5.98. The molecule has 17 heavy (non-hydrogen) atoms. The van der Waals surface area contributed by atoms with E-state index < -0.39 is 0 Å². The van der Waals surface area contributed by atoms with Gasteiger partial charge in [0.1, 0.15) is 11.6 Å². The number of aryl methyl sites for hydroxylation is 1. The third-order valence-corrected chi connectivity index (χ3v) is 2.62. The monoisotopic (exact) mass is 227 g/mol. The summed E-state index contributed by atoms with van der Waals surface area (Å²) in [5.74, 6) is 1.38. The molecule has 0 aliphatic heterocycles. The van der Waals surface area contributed by atoms with E-state index in [1.807, 2.05) is 36.4 Å². The van der Waals surface area contributed by atoms with Gasteiger partial charge in [-0.05, 0) is 6.42 Å². The molecule has 3 heteroatoms. The van der Waals surface area contributed by atoms with E-state index in [1.165, 1.54) is 0 Å². The molecule has 88 valence electrons. The van der Waals surface area contributed by atoms with Crippen molar-refractivity contribution < 1.29 is 0 Å². The largest absolute Gasteiger partial charge is 0.384 e. The maximum Gasteiger partial charge on any atom is 0.131 e. The van der Waals surface area contributed by atoms with Gasteiger partial charge in [-0.2, -0.15) is 0 Å². The summed E-state index contributed by atoms with van der Waals surface area (Å²) < 4.78 is 0. The van der Waals surface area contributed by atoms with Crippen LogP contribution in [0.1, 0.15) is 25.6 Å². The van der Waals surface area contributed by atoms with Crippen molar-refractivity contribution in [1.82, 2.24) is 9.97 Å². The highest BCUT2D eigenvalue weighted by Gasteiger charge is 2.04. The zero-order valence-corrected chi connectivity index (χ0v) is 10.1. The molecular formula is C14H17N3. The van der Waals surface area contributed by atoms with Crippen LogP contribution in [0, 0.1) is 0 Å². The van der Waals surface area contributed by atoms with Crippen LogP contribution in [0.4, 0.5) is 5.82 Å². The predicted molar refractivity (Wildman–Crippen MR) is 70.5 cm³/mol. The van der Waals surface area contributed by atoms with Gasteiger partial charge in [0.25, 0.3) is 0 Å². The minimum absolute atomic E-state index is 0.546. The van der Waals surface area contributed by atoms with E-state index in [-0.39, 0.29) is 0 Å². The van der Waals surface area contributed by atoms with Crippen molar-refractivity contribution in [2.45, 2.75) is 26.2 Å². The van der Waals surface area contributed by atoms with Gasteiger partial charge < -0.3 is 5.73 Å². The highest BCUT2D eigenvalue weighted by Crippen LogP contribution is 2.18. The highest BCUT2D eigenvalue weighted by atomic mass is 14.9. The lowest BCUT2D eigenvalue weighted by atomic mass is 10.1. The van der Waals surface area contributed by atoms with E-state index in [4.69, 9.17) is 5.73 Å². The molecule has 0 spiro atoms. The average Bonchev–Trinajstić information content (AvgIpc) is 2.37. The minimum Gasteiger partial charge on any atom is -0.384 e. The van der Waals surface area contributed by atoms with Crippen molar-refractivity contribution in [3.8, 4) is 11.3 Å². The maximum atomic E-state index is 5.82. The SMILES string of the molecule is CCCCc1nc(N)cc(-c2ccccc2)n1. The van der Waals surface area contributed by atoms with Crippen molar-refractivity contribution in [2.24, 2.45) is 0 Å². The predicted octanol–water partition coefficient (Wildman–Crippen LogP) is 3.07. The molecule has 0 radical (unpaired) electrons. The minimum atomic E-state index is 0.546. The standard InChI is InChI=1S/C14H17N3/c1-2-3-9-14-16-12(10-13(15)17-14)11-7-5-4-6-8-11/h4-8,10H,2-3,9H2,1H3,(H2,15,16,17). The second kappa shape index (κ2) is 5.43. The van der Waals surface area contributed by atoms with Gasteiger partial charge in [-0.3, -0.25) is 0 Å². The van der Waals surface area contributed by atoms with Gasteiger partial charge in [0, 0.05) is 18.1 Å². The first-order valence-electron chi connectivity index (χ1n) is 5.98. The maximum absolute atomic E-state index is 5.82. The summed E-state index contributed by atoms with van der Waals surface area (Å²) in [4.78, 5) is 8.81. The summed E-state index contributed by atoms with van der Waals surface area (Å²) in [6.07, 6.45) is 3.12. The van der Waals surface area contributed by atoms with Crippen LogP contribution in [0.15, 0.2) is 36.4 Å². The quantitative estimate of drug-likeness (QED) is 0.873. The van der Waals surface area contributed by atoms with E-state index in [0.717, 1.165) is 36.3 Å². The Balaban J connectivity index is 2.32.